The van der Waals surface area contributed by atoms with Crippen LogP contribution in [-0.2, 0) is 0 Å². The van der Waals surface area contributed by atoms with Crippen molar-refractivity contribution in [2.45, 2.75) is 233 Å². The van der Waals surface area contributed by atoms with E-state index in [2.05, 4.69) is 135 Å². The van der Waals surface area contributed by atoms with Gasteiger partial charge in [0.1, 0.15) is 11.5 Å². The lowest BCUT2D eigenvalue weighted by atomic mass is 9.94. The maximum atomic E-state index is 6.43. The lowest BCUT2D eigenvalue weighted by molar-refractivity contribution is 0.224. The van der Waals surface area contributed by atoms with Gasteiger partial charge in [-0.3, -0.25) is 0 Å². The van der Waals surface area contributed by atoms with Gasteiger partial charge in [0.05, 0.1) is 13.2 Å². The first kappa shape index (κ1) is 56.7. The van der Waals surface area contributed by atoms with Crippen LogP contribution >= 0.6 is 0 Å². The van der Waals surface area contributed by atoms with Gasteiger partial charge in [0.2, 0.25) is 0 Å². The maximum absolute atomic E-state index is 6.43. The fourth-order valence-corrected chi connectivity index (χ4v) is 9.70. The molecule has 0 fully saturated rings. The largest absolute Gasteiger partial charge is 0.493 e. The van der Waals surface area contributed by atoms with Crippen LogP contribution in [0.25, 0.3) is 11.1 Å². The number of anilines is 4. The molecule has 0 saturated carbocycles. The highest BCUT2D eigenvalue weighted by Crippen LogP contribution is 2.29. The molecule has 0 aliphatic rings. The molecule has 4 aromatic rings. The Bertz CT molecular complexity index is 1600. The van der Waals surface area contributed by atoms with Crippen LogP contribution < -0.4 is 20.1 Å². The maximum Gasteiger partial charge on any atom is 0.119 e. The Balaban J connectivity index is 1.19. The first-order valence-electron chi connectivity index (χ1n) is 28.8. The van der Waals surface area contributed by atoms with E-state index >= 15 is 0 Å². The van der Waals surface area contributed by atoms with Crippen molar-refractivity contribution in [2.75, 3.05) is 23.8 Å². The van der Waals surface area contributed by atoms with Gasteiger partial charge in [0.15, 0.2) is 0 Å². The van der Waals surface area contributed by atoms with Crippen molar-refractivity contribution in [2.24, 2.45) is 11.8 Å². The van der Waals surface area contributed by atoms with Crippen LogP contribution in [0.15, 0.2) is 97.1 Å². The summed E-state index contributed by atoms with van der Waals surface area (Å²) in [6, 6.07) is 34.5. The van der Waals surface area contributed by atoms with Gasteiger partial charge in [-0.05, 0) is 121 Å². The molecule has 2 N–H and O–H groups in total. The van der Waals surface area contributed by atoms with Crippen molar-refractivity contribution in [3.8, 4) is 22.6 Å². The summed E-state index contributed by atoms with van der Waals surface area (Å²) in [6.07, 6.45) is 43.6. The topological polar surface area (TPSA) is 42.5 Å². The average molecular weight is 930 g/mol. The normalized spacial score (nSPS) is 12.2. The van der Waals surface area contributed by atoms with Gasteiger partial charge in [0, 0.05) is 22.7 Å². The van der Waals surface area contributed by atoms with E-state index in [4.69, 9.17) is 9.47 Å². The first-order valence-corrected chi connectivity index (χ1v) is 28.8. The van der Waals surface area contributed by atoms with E-state index in [0.29, 0.717) is 11.8 Å². The Hall–Kier alpha value is -3.92. The molecule has 2 unspecified atom stereocenters. The van der Waals surface area contributed by atoms with Crippen molar-refractivity contribution in [3.05, 3.63) is 97.1 Å². The zero-order valence-electron chi connectivity index (χ0n) is 44.3. The van der Waals surface area contributed by atoms with Gasteiger partial charge in [0.25, 0.3) is 0 Å². The molecule has 68 heavy (non-hydrogen) atoms. The van der Waals surface area contributed by atoms with Gasteiger partial charge < -0.3 is 20.1 Å². The molecule has 0 aliphatic carbocycles. The molecular weight excluding hydrogens is 829 g/mol. The quantitative estimate of drug-likeness (QED) is 0.0434. The Morgan fingerprint density at radius 3 is 0.750 bits per heavy atom. The van der Waals surface area contributed by atoms with Gasteiger partial charge in [-0.15, -0.1) is 0 Å². The lowest BCUT2D eigenvalue weighted by Crippen LogP contribution is -2.12. The van der Waals surface area contributed by atoms with Crippen molar-refractivity contribution in [1.29, 1.82) is 0 Å². The summed E-state index contributed by atoms with van der Waals surface area (Å²) in [5, 5.41) is 7.18. The molecular formula is C64H100N2O2. The molecule has 378 valence electrons. The zero-order valence-corrected chi connectivity index (χ0v) is 44.3. The minimum Gasteiger partial charge on any atom is -0.493 e. The van der Waals surface area contributed by atoms with Gasteiger partial charge in [-0.1, -0.05) is 232 Å². The fourth-order valence-electron chi connectivity index (χ4n) is 9.70. The predicted molar refractivity (Wildman–Crippen MR) is 300 cm³/mol. The van der Waals surface area contributed by atoms with E-state index in [1.165, 1.54) is 217 Å². The number of benzene rings is 4. The fraction of sp³-hybridized carbons (Fsp3) is 0.625. The average Bonchev–Trinajstić information content (AvgIpc) is 3.37. The lowest BCUT2D eigenvalue weighted by Gasteiger charge is -2.18. The number of ether oxygens (including phenoxy) is 2. The Kier molecular flexibility index (Phi) is 31.6. The molecule has 4 nitrogen and oxygen atoms in total. The molecule has 2 atom stereocenters. The van der Waals surface area contributed by atoms with Gasteiger partial charge in [-0.2, -0.15) is 0 Å². The molecule has 0 heterocycles. The SMILES string of the molecule is CCCCCCCCCCC(CCCCCCCC)COc1ccc(Nc2ccc(-c3ccc(Nc4ccc(OCC(CCCCCCCC)CCCCCCCCCC)cc4)cc3)cc2)cc1. The summed E-state index contributed by atoms with van der Waals surface area (Å²) in [7, 11) is 0. The number of hydrogen-bond donors (Lipinski definition) is 2. The molecule has 4 heteroatoms. The van der Waals surface area contributed by atoms with Crippen molar-refractivity contribution in [1.82, 2.24) is 0 Å². The number of nitrogens with one attached hydrogen (secondary N) is 2. The molecule has 0 saturated heterocycles. The van der Waals surface area contributed by atoms with E-state index in [-0.39, 0.29) is 0 Å². The minimum absolute atomic E-state index is 0.652. The second-order valence-corrected chi connectivity index (χ2v) is 20.4. The third-order valence-electron chi connectivity index (χ3n) is 14.2. The molecule has 4 rings (SSSR count). The van der Waals surface area contributed by atoms with E-state index in [1.807, 2.05) is 0 Å². The van der Waals surface area contributed by atoms with Gasteiger partial charge in [-0.25, -0.2) is 0 Å². The van der Waals surface area contributed by atoms with E-state index in [9.17, 15) is 0 Å². The summed E-state index contributed by atoms with van der Waals surface area (Å²) in [5.41, 5.74) is 6.71. The summed E-state index contributed by atoms with van der Waals surface area (Å²) >= 11 is 0. The molecule has 0 aromatic heterocycles. The number of rotatable bonds is 43. The van der Waals surface area contributed by atoms with Crippen LogP contribution in [0.2, 0.25) is 0 Å². The first-order chi connectivity index (χ1) is 33.6. The number of unbranched alkanes of at least 4 members (excludes halogenated alkanes) is 24. The molecule has 0 aliphatic heterocycles. The smallest absolute Gasteiger partial charge is 0.119 e. The minimum atomic E-state index is 0.652. The molecule has 4 aromatic carbocycles. The summed E-state index contributed by atoms with van der Waals surface area (Å²) in [4.78, 5) is 0. The Morgan fingerprint density at radius 1 is 0.279 bits per heavy atom. The van der Waals surface area contributed by atoms with Crippen LogP contribution in [0.4, 0.5) is 22.7 Å². The van der Waals surface area contributed by atoms with Crippen molar-refractivity contribution in [3.63, 3.8) is 0 Å². The van der Waals surface area contributed by atoms with Crippen LogP contribution in [0.5, 0.6) is 11.5 Å². The third kappa shape index (κ3) is 26.2. The van der Waals surface area contributed by atoms with Crippen LogP contribution in [0.1, 0.15) is 233 Å². The van der Waals surface area contributed by atoms with Gasteiger partial charge >= 0.3 is 0 Å². The van der Waals surface area contributed by atoms with Crippen LogP contribution in [0, 0.1) is 11.8 Å². The highest BCUT2D eigenvalue weighted by Gasteiger charge is 2.12. The molecule has 0 bridgehead atoms. The second-order valence-electron chi connectivity index (χ2n) is 20.4. The van der Waals surface area contributed by atoms with E-state index in [1.54, 1.807) is 0 Å². The molecule has 0 radical (unpaired) electrons. The summed E-state index contributed by atoms with van der Waals surface area (Å²) in [5.74, 6) is 3.25. The van der Waals surface area contributed by atoms with Crippen LogP contribution in [-0.4, -0.2) is 13.2 Å². The second kappa shape index (κ2) is 37.9. The zero-order chi connectivity index (χ0) is 48.0. The Labute approximate surface area is 419 Å². The highest BCUT2D eigenvalue weighted by molar-refractivity contribution is 5.71. The van der Waals surface area contributed by atoms with Crippen molar-refractivity contribution >= 4 is 22.7 Å². The van der Waals surface area contributed by atoms with E-state index < -0.39 is 0 Å². The van der Waals surface area contributed by atoms with Crippen LogP contribution in [0.3, 0.4) is 0 Å². The molecule has 0 amide bonds. The summed E-state index contributed by atoms with van der Waals surface area (Å²) < 4.78 is 12.9. The highest BCUT2D eigenvalue weighted by atomic mass is 16.5. The summed E-state index contributed by atoms with van der Waals surface area (Å²) in [6.45, 7) is 10.9. The van der Waals surface area contributed by atoms with E-state index in [0.717, 1.165) is 47.5 Å². The monoisotopic (exact) mass is 929 g/mol. The third-order valence-corrected chi connectivity index (χ3v) is 14.2. The Morgan fingerprint density at radius 2 is 0.500 bits per heavy atom. The number of hydrogen-bond acceptors (Lipinski definition) is 4. The predicted octanol–water partition coefficient (Wildman–Crippen LogP) is 21.4. The standard InChI is InChI=1S/C64H100N2O2/c1-5-9-13-17-21-23-27-31-35-55(33-29-25-19-15-11-7-3)53-67-63-49-45-61(46-50-63)65-59-41-37-57(38-42-59)58-39-43-60(44-40-58)66-62-47-51-64(52-48-62)68-54-56(34-30-26-20-16-12-8-4)36-32-28-24-22-18-14-10-6-2/h37-52,55-56,65-66H,5-36,53-54H2,1-4H3. The van der Waals surface area contributed by atoms with Crippen molar-refractivity contribution < 1.29 is 9.47 Å². The molecule has 0 spiro atoms.